The van der Waals surface area contributed by atoms with Gasteiger partial charge in [0.05, 0.1) is 20.6 Å². The largest absolute Gasteiger partial charge is 0.497 e. The van der Waals surface area contributed by atoms with Crippen molar-refractivity contribution in [3.63, 3.8) is 0 Å². The van der Waals surface area contributed by atoms with Gasteiger partial charge >= 0.3 is 5.97 Å². The zero-order valence-electron chi connectivity index (χ0n) is 16.0. The standard InChI is InChI=1S/C22H25NO4/c1-17-7-9-19(10-8-17)16-23(14-13-22(25)27-3)21(24)12-11-18-5-4-6-20(15-18)26-2/h4-12,15H,13-14,16H2,1-3H3/b12-11+. The first kappa shape index (κ1) is 20.2. The lowest BCUT2D eigenvalue weighted by molar-refractivity contribution is -0.141. The van der Waals surface area contributed by atoms with Crippen LogP contribution in [0.3, 0.4) is 0 Å². The van der Waals surface area contributed by atoms with Crippen LogP contribution in [0.15, 0.2) is 54.6 Å². The topological polar surface area (TPSA) is 55.8 Å². The molecule has 0 aliphatic carbocycles. The van der Waals surface area contributed by atoms with E-state index in [0.717, 1.165) is 22.4 Å². The maximum atomic E-state index is 12.7. The van der Waals surface area contributed by atoms with Crippen LogP contribution < -0.4 is 4.74 Å². The normalized spacial score (nSPS) is 10.6. The highest BCUT2D eigenvalue weighted by molar-refractivity contribution is 5.92. The Morgan fingerprint density at radius 3 is 2.48 bits per heavy atom. The SMILES string of the molecule is COC(=O)CCN(Cc1ccc(C)cc1)C(=O)/C=C/c1cccc(OC)c1. The molecule has 0 saturated carbocycles. The van der Waals surface area contributed by atoms with Crippen LogP contribution in [0.4, 0.5) is 0 Å². The van der Waals surface area contributed by atoms with Crippen molar-refractivity contribution in [2.75, 3.05) is 20.8 Å². The lowest BCUT2D eigenvalue weighted by atomic mass is 10.1. The van der Waals surface area contributed by atoms with Crippen molar-refractivity contribution in [1.82, 2.24) is 4.90 Å². The van der Waals surface area contributed by atoms with Crippen molar-refractivity contribution in [1.29, 1.82) is 0 Å². The van der Waals surface area contributed by atoms with Gasteiger partial charge in [-0.1, -0.05) is 42.0 Å². The lowest BCUT2D eigenvalue weighted by Gasteiger charge is -2.21. The van der Waals surface area contributed by atoms with Crippen molar-refractivity contribution in [3.05, 3.63) is 71.3 Å². The van der Waals surface area contributed by atoms with Crippen molar-refractivity contribution < 1.29 is 19.1 Å². The molecule has 0 fully saturated rings. The minimum absolute atomic E-state index is 0.154. The molecular formula is C22H25NO4. The monoisotopic (exact) mass is 367 g/mol. The van der Waals surface area contributed by atoms with E-state index in [9.17, 15) is 9.59 Å². The Kier molecular flexibility index (Phi) is 7.62. The third-order valence-electron chi connectivity index (χ3n) is 4.13. The molecule has 2 aromatic rings. The molecule has 0 aliphatic heterocycles. The highest BCUT2D eigenvalue weighted by atomic mass is 16.5. The van der Waals surface area contributed by atoms with E-state index in [1.807, 2.05) is 55.5 Å². The van der Waals surface area contributed by atoms with Crippen LogP contribution in [0.25, 0.3) is 6.08 Å². The van der Waals surface area contributed by atoms with E-state index in [4.69, 9.17) is 9.47 Å². The summed E-state index contributed by atoms with van der Waals surface area (Å²) in [7, 11) is 2.95. The Balaban J connectivity index is 2.11. The second-order valence-electron chi connectivity index (χ2n) is 6.18. The fourth-order valence-electron chi connectivity index (χ4n) is 2.53. The number of nitrogens with zero attached hydrogens (tertiary/aromatic N) is 1. The van der Waals surface area contributed by atoms with E-state index in [0.29, 0.717) is 13.1 Å². The number of esters is 1. The number of hydrogen-bond acceptors (Lipinski definition) is 4. The van der Waals surface area contributed by atoms with Crippen molar-refractivity contribution in [2.45, 2.75) is 19.9 Å². The first-order chi connectivity index (χ1) is 13.0. The number of amides is 1. The molecule has 0 bridgehead atoms. The van der Waals surface area contributed by atoms with Crippen molar-refractivity contribution >= 4 is 18.0 Å². The van der Waals surface area contributed by atoms with Gasteiger partial charge in [0.2, 0.25) is 5.91 Å². The molecule has 0 N–H and O–H groups in total. The molecule has 2 aromatic carbocycles. The number of carbonyl (C=O) groups excluding carboxylic acids is 2. The number of aryl methyl sites for hydroxylation is 1. The smallest absolute Gasteiger partial charge is 0.307 e. The van der Waals surface area contributed by atoms with Crippen LogP contribution in [-0.2, 0) is 20.9 Å². The number of rotatable bonds is 8. The number of benzene rings is 2. The van der Waals surface area contributed by atoms with E-state index in [-0.39, 0.29) is 18.3 Å². The summed E-state index contributed by atoms with van der Waals surface area (Å²) >= 11 is 0. The number of carbonyl (C=O) groups is 2. The van der Waals surface area contributed by atoms with Gasteiger partial charge < -0.3 is 14.4 Å². The number of hydrogen-bond donors (Lipinski definition) is 0. The third-order valence-corrected chi connectivity index (χ3v) is 4.13. The molecule has 0 saturated heterocycles. The molecule has 5 heteroatoms. The molecule has 0 aliphatic rings. The molecule has 0 atom stereocenters. The fourth-order valence-corrected chi connectivity index (χ4v) is 2.53. The van der Waals surface area contributed by atoms with Gasteiger partial charge in [0.15, 0.2) is 0 Å². The van der Waals surface area contributed by atoms with Gasteiger partial charge in [-0.3, -0.25) is 9.59 Å². The van der Waals surface area contributed by atoms with E-state index in [1.54, 1.807) is 18.1 Å². The predicted molar refractivity (Wildman–Crippen MR) is 105 cm³/mol. The molecule has 0 spiro atoms. The zero-order chi connectivity index (χ0) is 19.6. The second-order valence-corrected chi connectivity index (χ2v) is 6.18. The van der Waals surface area contributed by atoms with Crippen molar-refractivity contribution in [3.8, 4) is 5.75 Å². The highest BCUT2D eigenvalue weighted by Gasteiger charge is 2.14. The summed E-state index contributed by atoms with van der Waals surface area (Å²) in [6.07, 6.45) is 3.41. The summed E-state index contributed by atoms with van der Waals surface area (Å²) in [6, 6.07) is 15.4. The molecule has 2 rings (SSSR count). The third kappa shape index (κ3) is 6.62. The molecular weight excluding hydrogens is 342 g/mol. The minimum Gasteiger partial charge on any atom is -0.497 e. The molecule has 0 unspecified atom stereocenters. The first-order valence-electron chi connectivity index (χ1n) is 8.75. The minimum atomic E-state index is -0.339. The lowest BCUT2D eigenvalue weighted by Crippen LogP contribution is -2.31. The van der Waals surface area contributed by atoms with Gasteiger partial charge in [0.1, 0.15) is 5.75 Å². The summed E-state index contributed by atoms with van der Waals surface area (Å²) in [5.41, 5.74) is 3.03. The van der Waals surface area contributed by atoms with Crippen LogP contribution in [0.1, 0.15) is 23.1 Å². The summed E-state index contributed by atoms with van der Waals surface area (Å²) in [5.74, 6) is 0.225. The molecule has 0 radical (unpaired) electrons. The Morgan fingerprint density at radius 1 is 1.07 bits per heavy atom. The van der Waals surface area contributed by atoms with Crippen LogP contribution >= 0.6 is 0 Å². The van der Waals surface area contributed by atoms with Crippen LogP contribution in [0.2, 0.25) is 0 Å². The second kappa shape index (κ2) is 10.2. The van der Waals surface area contributed by atoms with E-state index in [2.05, 4.69) is 0 Å². The Labute approximate surface area is 160 Å². The first-order valence-corrected chi connectivity index (χ1v) is 8.75. The van der Waals surface area contributed by atoms with Gasteiger partial charge in [-0.05, 0) is 36.3 Å². The molecule has 5 nitrogen and oxygen atoms in total. The Hall–Kier alpha value is -3.08. The number of ether oxygens (including phenoxy) is 2. The van der Waals surface area contributed by atoms with Gasteiger partial charge in [-0.25, -0.2) is 0 Å². The van der Waals surface area contributed by atoms with Gasteiger partial charge in [-0.2, -0.15) is 0 Å². The summed E-state index contributed by atoms with van der Waals surface area (Å²) in [4.78, 5) is 25.8. The summed E-state index contributed by atoms with van der Waals surface area (Å²) in [6.45, 7) is 2.74. The van der Waals surface area contributed by atoms with Crippen molar-refractivity contribution in [2.24, 2.45) is 0 Å². The number of methoxy groups -OCH3 is 2. The average Bonchev–Trinajstić information content (AvgIpc) is 2.70. The van der Waals surface area contributed by atoms with Gasteiger partial charge in [0.25, 0.3) is 0 Å². The average molecular weight is 367 g/mol. The van der Waals surface area contributed by atoms with Crippen LogP contribution in [0.5, 0.6) is 5.75 Å². The van der Waals surface area contributed by atoms with E-state index >= 15 is 0 Å². The van der Waals surface area contributed by atoms with Gasteiger partial charge in [-0.15, -0.1) is 0 Å². The van der Waals surface area contributed by atoms with E-state index in [1.165, 1.54) is 13.2 Å². The molecule has 142 valence electrons. The predicted octanol–water partition coefficient (Wildman–Crippen LogP) is 3.61. The summed E-state index contributed by atoms with van der Waals surface area (Å²) in [5, 5.41) is 0. The van der Waals surface area contributed by atoms with Crippen LogP contribution in [0, 0.1) is 6.92 Å². The van der Waals surface area contributed by atoms with E-state index < -0.39 is 0 Å². The molecule has 1 amide bonds. The zero-order valence-corrected chi connectivity index (χ0v) is 16.0. The molecule has 0 heterocycles. The summed E-state index contributed by atoms with van der Waals surface area (Å²) < 4.78 is 9.89. The maximum absolute atomic E-state index is 12.7. The quantitative estimate of drug-likeness (QED) is 0.528. The molecule has 0 aromatic heterocycles. The Morgan fingerprint density at radius 2 is 1.81 bits per heavy atom. The fraction of sp³-hybridized carbons (Fsp3) is 0.273. The maximum Gasteiger partial charge on any atom is 0.307 e. The highest BCUT2D eigenvalue weighted by Crippen LogP contribution is 2.14. The van der Waals surface area contributed by atoms with Gasteiger partial charge in [0, 0.05) is 19.2 Å². The Bertz CT molecular complexity index is 796. The van der Waals surface area contributed by atoms with Crippen LogP contribution in [-0.4, -0.2) is 37.5 Å². The molecule has 27 heavy (non-hydrogen) atoms.